The molecule has 1 radical (unpaired) electrons. The quantitative estimate of drug-likeness (QED) is 0.214. The molecule has 1 saturated carbocycles. The van der Waals surface area contributed by atoms with Gasteiger partial charge in [0.2, 0.25) is 11.9 Å². The second kappa shape index (κ2) is 11.2. The van der Waals surface area contributed by atoms with Crippen molar-refractivity contribution in [2.24, 2.45) is 27.1 Å². The molecule has 6 rings (SSSR count). The smallest absolute Gasteiger partial charge is 0.254 e. The molecule has 3 aliphatic heterocycles. The summed E-state index contributed by atoms with van der Waals surface area (Å²) in [6.07, 6.45) is 10.3. The number of likely N-dealkylation sites (N-methyl/N-ethyl adjacent to an activating group) is 1. The topological polar surface area (TPSA) is 122 Å². The zero-order valence-electron chi connectivity index (χ0n) is 23.8. The van der Waals surface area contributed by atoms with Crippen LogP contribution in [0.25, 0.3) is 0 Å². The van der Waals surface area contributed by atoms with Crippen molar-refractivity contribution in [1.29, 1.82) is 0 Å². The van der Waals surface area contributed by atoms with Gasteiger partial charge in [0.15, 0.2) is 5.67 Å². The Morgan fingerprint density at radius 2 is 1.98 bits per heavy atom. The fourth-order valence-electron chi connectivity index (χ4n) is 6.59. The molecule has 3 heterocycles. The van der Waals surface area contributed by atoms with E-state index in [1.54, 1.807) is 11.0 Å². The van der Waals surface area contributed by atoms with Crippen LogP contribution in [0, 0.1) is 12.3 Å². The summed E-state index contributed by atoms with van der Waals surface area (Å²) in [5.41, 5.74) is 6.30. The van der Waals surface area contributed by atoms with Gasteiger partial charge in [0.05, 0.1) is 11.6 Å². The highest BCUT2D eigenvalue weighted by atomic mass is 19.1. The van der Waals surface area contributed by atoms with Crippen molar-refractivity contribution in [2.45, 2.75) is 49.9 Å². The summed E-state index contributed by atoms with van der Waals surface area (Å²) in [6.45, 7) is 7.51. The van der Waals surface area contributed by atoms with Crippen molar-refractivity contribution in [3.63, 3.8) is 0 Å². The van der Waals surface area contributed by atoms with E-state index in [0.717, 1.165) is 51.0 Å². The summed E-state index contributed by atoms with van der Waals surface area (Å²) >= 11 is 0. The van der Waals surface area contributed by atoms with Gasteiger partial charge < -0.3 is 25.8 Å². The van der Waals surface area contributed by atoms with E-state index in [2.05, 4.69) is 42.5 Å². The average molecular weight is 573 g/mol. The molecule has 0 spiro atoms. The van der Waals surface area contributed by atoms with Crippen LogP contribution in [0.2, 0.25) is 0 Å². The number of fused-ring (bicyclic) bond motifs is 1. The van der Waals surface area contributed by atoms with Crippen LogP contribution in [0.3, 0.4) is 0 Å². The Hall–Kier alpha value is -3.19. The molecule has 2 saturated heterocycles. The predicted molar refractivity (Wildman–Crippen MR) is 151 cm³/mol. The lowest BCUT2D eigenvalue weighted by Crippen LogP contribution is -2.48. The Bertz CT molecular complexity index is 1220. The summed E-state index contributed by atoms with van der Waals surface area (Å²) in [5.74, 6) is 0.258. The van der Waals surface area contributed by atoms with Gasteiger partial charge in [0.25, 0.3) is 5.91 Å². The Balaban J connectivity index is 0.00000337. The fraction of sp³-hybridized carbons (Fsp3) is 0.643. The first-order valence-electron chi connectivity index (χ1n) is 14.4. The number of amides is 2. The fourth-order valence-corrected chi connectivity index (χ4v) is 6.59. The predicted octanol–water partition coefficient (Wildman–Crippen LogP) is 1.34. The van der Waals surface area contributed by atoms with Crippen LogP contribution in [0.15, 0.2) is 50.5 Å². The minimum atomic E-state index is -1.50. The number of piperidine rings is 1. The number of nitrogens with one attached hydrogen (secondary N) is 1. The first kappa shape index (κ1) is 29.3. The van der Waals surface area contributed by atoms with E-state index < -0.39 is 11.2 Å². The zero-order chi connectivity index (χ0) is 28.1. The summed E-state index contributed by atoms with van der Waals surface area (Å²) in [4.78, 5) is 32.5. The Labute approximate surface area is 239 Å². The van der Waals surface area contributed by atoms with Gasteiger partial charge in [-0.2, -0.15) is 5.11 Å². The van der Waals surface area contributed by atoms with Crippen molar-refractivity contribution in [2.75, 3.05) is 59.4 Å². The van der Waals surface area contributed by atoms with Crippen molar-refractivity contribution >= 4 is 17.8 Å². The van der Waals surface area contributed by atoms with Crippen LogP contribution in [-0.4, -0.2) is 114 Å². The molecule has 0 aromatic heterocycles. The molecule has 3 N–H and O–H groups in total. The molecule has 3 aliphatic carbocycles. The van der Waals surface area contributed by atoms with Crippen LogP contribution in [0.1, 0.15) is 32.6 Å². The number of nitrogens with zero attached hydrogens (tertiary/aromatic N) is 7. The molecule has 2 unspecified atom stereocenters. The molecule has 0 aromatic rings. The molecule has 11 nitrogen and oxygen atoms in total. The maximum absolute atomic E-state index is 16.1. The van der Waals surface area contributed by atoms with Gasteiger partial charge in [-0.15, -0.1) is 0 Å². The lowest BCUT2D eigenvalue weighted by molar-refractivity contribution is -0.125. The zero-order valence-corrected chi connectivity index (χ0v) is 23.8. The minimum absolute atomic E-state index is 0. The third-order valence-electron chi connectivity index (χ3n) is 9.22. The normalized spacial score (nSPS) is 32.8. The standard InChI is InChI=1S/C28H39FN9O2.FH/c1-19(39)31-16-20-17-38(25(40)24-14-23(20)24)22-4-7-28(18-27(28,29)15-22)37-10-5-21(6-11-37)32-34-33-26(30)36-9-3-8-35(2)12-13-36;/h4,7,14-15,20-21H,3,5-6,8-13,16-18H2,1-2H3,(H,31,39)(H2,30,32,33);1H/t20-,27?,28?;/m0./s1. The molecule has 0 aromatic carbocycles. The monoisotopic (exact) mass is 572 g/mol. The summed E-state index contributed by atoms with van der Waals surface area (Å²) in [5, 5.41) is 15.5. The van der Waals surface area contributed by atoms with Gasteiger partial charge in [-0.1, -0.05) is 11.2 Å². The summed E-state index contributed by atoms with van der Waals surface area (Å²) in [6, 6.07) is 0.0367. The number of hydrogen-bond acceptors (Lipinski definition) is 6. The third kappa shape index (κ3) is 5.66. The number of carbonyl (C=O) groups is 2. The van der Waals surface area contributed by atoms with Gasteiger partial charge in [-0.25, -0.2) is 4.39 Å². The van der Waals surface area contributed by atoms with E-state index in [1.165, 1.54) is 6.92 Å². The van der Waals surface area contributed by atoms with Crippen molar-refractivity contribution in [1.82, 2.24) is 24.9 Å². The van der Waals surface area contributed by atoms with Gasteiger partial charge in [0, 0.05) is 82.8 Å². The Morgan fingerprint density at radius 1 is 1.20 bits per heavy atom. The maximum Gasteiger partial charge on any atom is 0.254 e. The number of rotatable bonds is 6. The van der Waals surface area contributed by atoms with E-state index in [0.29, 0.717) is 49.8 Å². The Morgan fingerprint density at radius 3 is 2.71 bits per heavy atom. The number of alkyl halides is 1. The minimum Gasteiger partial charge on any atom is -0.368 e. The number of halogens is 2. The number of nitrogens with two attached hydrogens (primary N) is 1. The number of likely N-dealkylation sites (tertiary alicyclic amines) is 2. The molecule has 2 amide bonds. The van der Waals surface area contributed by atoms with E-state index in [4.69, 9.17) is 5.73 Å². The second-order valence-electron chi connectivity index (χ2n) is 12.0. The van der Waals surface area contributed by atoms with Crippen LogP contribution >= 0.6 is 0 Å². The molecule has 0 bridgehead atoms. The summed E-state index contributed by atoms with van der Waals surface area (Å²) < 4.78 is 16.1. The van der Waals surface area contributed by atoms with Gasteiger partial charge in [-0.3, -0.25) is 19.2 Å². The maximum atomic E-state index is 16.1. The molecule has 223 valence electrons. The van der Waals surface area contributed by atoms with Crippen molar-refractivity contribution in [3.05, 3.63) is 41.5 Å². The van der Waals surface area contributed by atoms with E-state index in [9.17, 15) is 9.59 Å². The van der Waals surface area contributed by atoms with Crippen molar-refractivity contribution < 1.29 is 18.7 Å². The summed E-state index contributed by atoms with van der Waals surface area (Å²) in [7, 11) is 2.11. The van der Waals surface area contributed by atoms with Crippen molar-refractivity contribution in [3.8, 4) is 0 Å². The highest BCUT2D eigenvalue weighted by Crippen LogP contribution is 2.60. The largest absolute Gasteiger partial charge is 0.368 e. The van der Waals surface area contributed by atoms with Crippen LogP contribution in [0.4, 0.5) is 9.09 Å². The second-order valence-corrected chi connectivity index (χ2v) is 12.0. The molecular weight excluding hydrogens is 532 g/mol. The van der Waals surface area contributed by atoms with Crippen LogP contribution in [-0.2, 0) is 9.59 Å². The van der Waals surface area contributed by atoms with E-state index >= 15 is 4.39 Å². The number of guanidine groups is 1. The third-order valence-corrected chi connectivity index (χ3v) is 9.22. The van der Waals surface area contributed by atoms with E-state index in [1.807, 2.05) is 18.6 Å². The molecule has 13 heteroatoms. The van der Waals surface area contributed by atoms with E-state index in [-0.39, 0.29) is 28.5 Å². The molecular formula is C28H40F2N9O2. The number of allylic oxidation sites excluding steroid dienone is 1. The Kier molecular flexibility index (Phi) is 8.03. The average Bonchev–Trinajstić information content (AvgIpc) is 3.83. The van der Waals surface area contributed by atoms with Crippen LogP contribution < -0.4 is 11.1 Å². The van der Waals surface area contributed by atoms with Gasteiger partial charge >= 0.3 is 0 Å². The number of hydrogen-bond donors (Lipinski definition) is 2. The molecule has 3 fully saturated rings. The SMILES string of the molecule is CC(=O)NC[C@H]1CN(C2=CC3(F)CC3(N3CCC(N=N/N=C(\N)N4CCCN(C)CC4)CC3)C=C2)C(=O)C2=C1[CH]2.F. The van der Waals surface area contributed by atoms with Crippen LogP contribution in [0.5, 0.6) is 0 Å². The highest BCUT2D eigenvalue weighted by Gasteiger charge is 2.71. The highest BCUT2D eigenvalue weighted by molar-refractivity contribution is 6.06. The molecule has 6 aliphatic rings. The first-order chi connectivity index (χ1) is 19.2. The molecule has 3 atom stereocenters. The molecule has 41 heavy (non-hydrogen) atoms. The van der Waals surface area contributed by atoms with Gasteiger partial charge in [0.1, 0.15) is 0 Å². The lowest BCUT2D eigenvalue weighted by Gasteiger charge is -2.38. The lowest BCUT2D eigenvalue weighted by atomic mass is 9.96. The first-order valence-corrected chi connectivity index (χ1v) is 14.4. The number of carbonyl (C=O) groups excluding carboxylic acids is 2. The van der Waals surface area contributed by atoms with Gasteiger partial charge in [-0.05, 0) is 55.8 Å².